The number of nitrogens with one attached hydrogen (secondary N) is 1. The number of fused-ring (bicyclic) bond motifs is 1. The molecular weight excluding hydrogens is 245 g/mol. The molecule has 1 aromatic heterocycles. The fourth-order valence-corrected chi connectivity index (χ4v) is 2.41. The van der Waals surface area contributed by atoms with Crippen molar-refractivity contribution in [3.63, 3.8) is 0 Å². The molecule has 0 aliphatic carbocycles. The van der Waals surface area contributed by atoms with Crippen molar-refractivity contribution in [2.45, 2.75) is 25.9 Å². The van der Waals surface area contributed by atoms with Gasteiger partial charge < -0.3 is 9.88 Å². The van der Waals surface area contributed by atoms with Crippen LogP contribution in [0.2, 0.25) is 0 Å². The number of amides is 1. The van der Waals surface area contributed by atoms with E-state index in [1.54, 1.807) is 18.5 Å². The van der Waals surface area contributed by atoms with Gasteiger partial charge in [0.2, 0.25) is 0 Å². The van der Waals surface area contributed by atoms with E-state index in [0.29, 0.717) is 5.69 Å². The molecule has 0 fully saturated rings. The van der Waals surface area contributed by atoms with Gasteiger partial charge in [-0.25, -0.2) is 9.37 Å². The molecule has 19 heavy (non-hydrogen) atoms. The van der Waals surface area contributed by atoms with E-state index in [-0.39, 0.29) is 23.8 Å². The summed E-state index contributed by atoms with van der Waals surface area (Å²) in [5.41, 5.74) is 2.17. The SMILES string of the molecule is CC(C)n1cnc2c1C(c1ccc(F)cc1)NC2=O. The second kappa shape index (κ2) is 4.19. The molecule has 4 nitrogen and oxygen atoms in total. The third-order valence-corrected chi connectivity index (χ3v) is 3.36. The fourth-order valence-electron chi connectivity index (χ4n) is 2.41. The number of nitrogens with zero attached hydrogens (tertiary/aromatic N) is 2. The molecule has 98 valence electrons. The van der Waals surface area contributed by atoms with Crippen LogP contribution in [0.3, 0.4) is 0 Å². The van der Waals surface area contributed by atoms with E-state index in [1.807, 2.05) is 18.4 Å². The van der Waals surface area contributed by atoms with Crippen molar-refractivity contribution in [3.05, 3.63) is 53.4 Å². The van der Waals surface area contributed by atoms with Crippen LogP contribution in [0, 0.1) is 5.82 Å². The van der Waals surface area contributed by atoms with Gasteiger partial charge in [0.25, 0.3) is 5.91 Å². The van der Waals surface area contributed by atoms with E-state index in [4.69, 9.17) is 0 Å². The number of benzene rings is 1. The summed E-state index contributed by atoms with van der Waals surface area (Å²) in [5, 5.41) is 2.89. The first kappa shape index (κ1) is 11.9. The van der Waals surface area contributed by atoms with Gasteiger partial charge in [-0.3, -0.25) is 4.79 Å². The van der Waals surface area contributed by atoms with Gasteiger partial charge in [-0.1, -0.05) is 12.1 Å². The van der Waals surface area contributed by atoms with Crippen LogP contribution in [0.1, 0.15) is 47.7 Å². The maximum Gasteiger partial charge on any atom is 0.272 e. The maximum absolute atomic E-state index is 13.0. The zero-order valence-electron chi connectivity index (χ0n) is 10.7. The first-order valence-corrected chi connectivity index (χ1v) is 6.21. The zero-order valence-corrected chi connectivity index (χ0v) is 10.7. The summed E-state index contributed by atoms with van der Waals surface area (Å²) >= 11 is 0. The molecule has 0 bridgehead atoms. The van der Waals surface area contributed by atoms with Crippen molar-refractivity contribution < 1.29 is 9.18 Å². The average Bonchev–Trinajstić information content (AvgIpc) is 2.92. The van der Waals surface area contributed by atoms with Crippen LogP contribution in [-0.4, -0.2) is 15.5 Å². The van der Waals surface area contributed by atoms with E-state index < -0.39 is 0 Å². The number of imidazole rings is 1. The standard InChI is InChI=1S/C14H14FN3O/c1-8(2)18-7-16-12-13(18)11(17-14(12)19)9-3-5-10(15)6-4-9/h3-8,11H,1-2H3,(H,17,19). The van der Waals surface area contributed by atoms with E-state index in [1.165, 1.54) is 12.1 Å². The third-order valence-electron chi connectivity index (χ3n) is 3.36. The Morgan fingerprint density at radius 2 is 2.00 bits per heavy atom. The first-order chi connectivity index (χ1) is 9.08. The Kier molecular flexibility index (Phi) is 2.62. The Morgan fingerprint density at radius 3 is 2.63 bits per heavy atom. The molecule has 1 atom stereocenters. The van der Waals surface area contributed by atoms with Gasteiger partial charge in [-0.15, -0.1) is 0 Å². The molecule has 0 radical (unpaired) electrons. The molecule has 1 N–H and O–H groups in total. The minimum absolute atomic E-state index is 0.177. The van der Waals surface area contributed by atoms with Crippen molar-refractivity contribution in [2.75, 3.05) is 0 Å². The van der Waals surface area contributed by atoms with E-state index >= 15 is 0 Å². The van der Waals surface area contributed by atoms with Crippen LogP contribution in [0.25, 0.3) is 0 Å². The highest BCUT2D eigenvalue weighted by Crippen LogP contribution is 2.32. The second-order valence-corrected chi connectivity index (χ2v) is 4.94. The average molecular weight is 259 g/mol. The summed E-state index contributed by atoms with van der Waals surface area (Å²) in [7, 11) is 0. The van der Waals surface area contributed by atoms with Gasteiger partial charge in [0.05, 0.1) is 18.1 Å². The van der Waals surface area contributed by atoms with Gasteiger partial charge in [-0.2, -0.15) is 0 Å². The summed E-state index contributed by atoms with van der Waals surface area (Å²) in [5.74, 6) is -0.464. The maximum atomic E-state index is 13.0. The Hall–Kier alpha value is -2.17. The van der Waals surface area contributed by atoms with Crippen LogP contribution in [0.5, 0.6) is 0 Å². The number of hydrogen-bond donors (Lipinski definition) is 1. The first-order valence-electron chi connectivity index (χ1n) is 6.21. The van der Waals surface area contributed by atoms with E-state index in [9.17, 15) is 9.18 Å². The number of carbonyl (C=O) groups is 1. The summed E-state index contributed by atoms with van der Waals surface area (Å²) in [6.07, 6.45) is 1.69. The van der Waals surface area contributed by atoms with Crippen LogP contribution in [-0.2, 0) is 0 Å². The lowest BCUT2D eigenvalue weighted by Gasteiger charge is -2.17. The molecular formula is C14H14FN3O. The Labute approximate surface area is 110 Å². The molecule has 1 aromatic carbocycles. The smallest absolute Gasteiger partial charge is 0.272 e. The largest absolute Gasteiger partial charge is 0.338 e. The second-order valence-electron chi connectivity index (χ2n) is 4.94. The number of rotatable bonds is 2. The molecule has 2 aromatic rings. The Bertz CT molecular complexity index is 631. The van der Waals surface area contributed by atoms with Crippen LogP contribution in [0.4, 0.5) is 4.39 Å². The van der Waals surface area contributed by atoms with Crippen molar-refractivity contribution in [3.8, 4) is 0 Å². The Morgan fingerprint density at radius 1 is 1.32 bits per heavy atom. The highest BCUT2D eigenvalue weighted by Gasteiger charge is 2.35. The lowest BCUT2D eigenvalue weighted by molar-refractivity contribution is 0.0956. The molecule has 0 saturated carbocycles. The molecule has 1 aliphatic heterocycles. The highest BCUT2D eigenvalue weighted by atomic mass is 19.1. The van der Waals surface area contributed by atoms with Crippen molar-refractivity contribution in [1.29, 1.82) is 0 Å². The Balaban J connectivity index is 2.10. The van der Waals surface area contributed by atoms with Crippen LogP contribution in [0.15, 0.2) is 30.6 Å². The summed E-state index contributed by atoms with van der Waals surface area (Å²) in [6.45, 7) is 4.07. The summed E-state index contributed by atoms with van der Waals surface area (Å²) in [4.78, 5) is 16.1. The lowest BCUT2D eigenvalue weighted by Crippen LogP contribution is -2.22. The topological polar surface area (TPSA) is 46.9 Å². The zero-order chi connectivity index (χ0) is 13.6. The summed E-state index contributed by atoms with van der Waals surface area (Å²) < 4.78 is 15.0. The van der Waals surface area contributed by atoms with Crippen LogP contribution < -0.4 is 5.32 Å². The number of aromatic nitrogens is 2. The van der Waals surface area contributed by atoms with Crippen molar-refractivity contribution in [2.24, 2.45) is 0 Å². The normalized spacial score (nSPS) is 17.7. The van der Waals surface area contributed by atoms with Gasteiger partial charge in [0.15, 0.2) is 5.69 Å². The molecule has 1 aliphatic rings. The van der Waals surface area contributed by atoms with Crippen molar-refractivity contribution in [1.82, 2.24) is 14.9 Å². The molecule has 0 spiro atoms. The third kappa shape index (κ3) is 1.82. The quantitative estimate of drug-likeness (QED) is 0.900. The van der Waals surface area contributed by atoms with Gasteiger partial charge in [0, 0.05) is 6.04 Å². The van der Waals surface area contributed by atoms with Gasteiger partial charge >= 0.3 is 0 Å². The predicted molar refractivity (Wildman–Crippen MR) is 68.3 cm³/mol. The van der Waals surface area contributed by atoms with Crippen molar-refractivity contribution >= 4 is 5.91 Å². The minimum atomic E-state index is -0.286. The van der Waals surface area contributed by atoms with Gasteiger partial charge in [0.1, 0.15) is 5.82 Å². The molecule has 3 rings (SSSR count). The molecule has 0 saturated heterocycles. The van der Waals surface area contributed by atoms with E-state index in [0.717, 1.165) is 11.3 Å². The van der Waals surface area contributed by atoms with E-state index in [2.05, 4.69) is 10.3 Å². The number of halogens is 1. The van der Waals surface area contributed by atoms with Crippen LogP contribution >= 0.6 is 0 Å². The number of carbonyl (C=O) groups excluding carboxylic acids is 1. The molecule has 5 heteroatoms. The predicted octanol–water partition coefficient (Wildman–Crippen LogP) is 2.44. The lowest BCUT2D eigenvalue weighted by atomic mass is 10.0. The highest BCUT2D eigenvalue weighted by molar-refractivity contribution is 5.97. The monoisotopic (exact) mass is 259 g/mol. The molecule has 1 amide bonds. The fraction of sp³-hybridized carbons (Fsp3) is 0.286. The summed E-state index contributed by atoms with van der Waals surface area (Å²) in [6, 6.07) is 6.13. The number of hydrogen-bond acceptors (Lipinski definition) is 2. The molecule has 1 unspecified atom stereocenters. The molecule has 2 heterocycles. The van der Waals surface area contributed by atoms with Gasteiger partial charge in [-0.05, 0) is 31.5 Å². The minimum Gasteiger partial charge on any atom is -0.338 e.